The summed E-state index contributed by atoms with van der Waals surface area (Å²) in [5.41, 5.74) is -0.851. The van der Waals surface area contributed by atoms with Crippen molar-refractivity contribution in [2.45, 2.75) is 31.9 Å². The van der Waals surface area contributed by atoms with Crippen LogP contribution in [0.1, 0.15) is 31.2 Å². The molecule has 3 aliphatic rings. The molecule has 0 spiro atoms. The molecule has 3 fully saturated rings. The van der Waals surface area contributed by atoms with Gasteiger partial charge in [-0.1, -0.05) is 18.0 Å². The van der Waals surface area contributed by atoms with Crippen LogP contribution in [0.15, 0.2) is 12.3 Å². The Morgan fingerprint density at radius 1 is 1.15 bits per heavy atom. The maximum Gasteiger partial charge on any atom is 0.417 e. The third-order valence-corrected chi connectivity index (χ3v) is 6.37. The molecular formula is C18H21ClF3N3O. The van der Waals surface area contributed by atoms with Crippen molar-refractivity contribution in [3.05, 3.63) is 22.8 Å². The van der Waals surface area contributed by atoms with E-state index >= 15 is 0 Å². The lowest BCUT2D eigenvalue weighted by Crippen LogP contribution is -2.51. The summed E-state index contributed by atoms with van der Waals surface area (Å²) in [6, 6.07) is 0.913. The van der Waals surface area contributed by atoms with Crippen molar-refractivity contribution in [2.24, 2.45) is 17.8 Å². The van der Waals surface area contributed by atoms with E-state index in [0.717, 1.165) is 24.6 Å². The van der Waals surface area contributed by atoms with Crippen LogP contribution >= 0.6 is 11.6 Å². The van der Waals surface area contributed by atoms with E-state index in [4.69, 9.17) is 11.6 Å². The van der Waals surface area contributed by atoms with Crippen LogP contribution < -0.4 is 4.90 Å². The highest BCUT2D eigenvalue weighted by Gasteiger charge is 2.44. The molecule has 3 atom stereocenters. The summed E-state index contributed by atoms with van der Waals surface area (Å²) in [6.07, 6.45) is 1.01. The van der Waals surface area contributed by atoms with Gasteiger partial charge in [0.25, 0.3) is 0 Å². The number of hydrogen-bond acceptors (Lipinski definition) is 3. The fourth-order valence-corrected chi connectivity index (χ4v) is 5.02. The van der Waals surface area contributed by atoms with Crippen LogP contribution in [-0.4, -0.2) is 42.0 Å². The number of nitrogens with zero attached hydrogens (tertiary/aromatic N) is 3. The van der Waals surface area contributed by atoms with Gasteiger partial charge in [-0.2, -0.15) is 13.2 Å². The van der Waals surface area contributed by atoms with Crippen LogP contribution in [0.2, 0.25) is 5.02 Å². The molecule has 4 nitrogen and oxygen atoms in total. The van der Waals surface area contributed by atoms with Crippen molar-refractivity contribution in [1.82, 2.24) is 9.88 Å². The van der Waals surface area contributed by atoms with Gasteiger partial charge in [0.05, 0.1) is 10.6 Å². The lowest BCUT2D eigenvalue weighted by Gasteiger charge is -2.38. The second-order valence-corrected chi connectivity index (χ2v) is 8.03. The van der Waals surface area contributed by atoms with E-state index in [2.05, 4.69) is 4.98 Å². The predicted molar refractivity (Wildman–Crippen MR) is 92.0 cm³/mol. The average molecular weight is 388 g/mol. The van der Waals surface area contributed by atoms with Crippen molar-refractivity contribution >= 4 is 23.3 Å². The normalized spacial score (nSPS) is 28.7. The van der Waals surface area contributed by atoms with Crippen LogP contribution in [-0.2, 0) is 11.0 Å². The maximum absolute atomic E-state index is 12.8. The number of carbonyl (C=O) groups is 1. The molecule has 2 saturated carbocycles. The van der Waals surface area contributed by atoms with E-state index in [1.807, 2.05) is 9.80 Å². The number of pyridine rings is 1. The first-order valence-electron chi connectivity index (χ1n) is 9.09. The highest BCUT2D eigenvalue weighted by Crippen LogP contribution is 2.49. The molecule has 1 aromatic heterocycles. The smallest absolute Gasteiger partial charge is 0.352 e. The minimum absolute atomic E-state index is 0.00676. The Bertz CT molecular complexity index is 703. The standard InChI is InChI=1S/C18H21ClF3N3O/c19-15-9-13(18(20,21)22)10-23-16(15)24-3-5-25(6-4-24)17(26)14-8-11-1-2-12(14)7-11/h9-12,14H,1-8H2/t11-,12-,14-/m0/s1. The molecule has 1 amide bonds. The zero-order valence-corrected chi connectivity index (χ0v) is 15.1. The lowest BCUT2D eigenvalue weighted by atomic mass is 9.87. The summed E-state index contributed by atoms with van der Waals surface area (Å²) in [7, 11) is 0. The minimum atomic E-state index is -4.46. The predicted octanol–water partition coefficient (Wildman–Crippen LogP) is 3.84. The Hall–Kier alpha value is -1.50. The number of carbonyl (C=O) groups excluding carboxylic acids is 1. The zero-order valence-electron chi connectivity index (χ0n) is 14.3. The molecule has 1 saturated heterocycles. The van der Waals surface area contributed by atoms with Gasteiger partial charge < -0.3 is 9.80 Å². The van der Waals surface area contributed by atoms with Gasteiger partial charge in [0.15, 0.2) is 0 Å². The first-order chi connectivity index (χ1) is 12.3. The van der Waals surface area contributed by atoms with Crippen LogP contribution in [0.4, 0.5) is 19.0 Å². The second-order valence-electron chi connectivity index (χ2n) is 7.62. The first kappa shape index (κ1) is 17.9. The number of alkyl halides is 3. The summed E-state index contributed by atoms with van der Waals surface area (Å²) in [4.78, 5) is 20.5. The number of halogens is 4. The van der Waals surface area contributed by atoms with Gasteiger partial charge in [-0.15, -0.1) is 0 Å². The molecule has 26 heavy (non-hydrogen) atoms. The molecule has 2 heterocycles. The molecule has 0 unspecified atom stereocenters. The summed E-state index contributed by atoms with van der Waals surface area (Å²) in [6.45, 7) is 2.19. The number of anilines is 1. The van der Waals surface area contributed by atoms with E-state index in [1.54, 1.807) is 0 Å². The molecule has 1 aromatic rings. The van der Waals surface area contributed by atoms with Crippen LogP contribution in [0.25, 0.3) is 0 Å². The van der Waals surface area contributed by atoms with Crippen molar-refractivity contribution in [3.8, 4) is 0 Å². The Labute approximate surface area is 155 Å². The third-order valence-electron chi connectivity index (χ3n) is 6.10. The van der Waals surface area contributed by atoms with E-state index < -0.39 is 11.7 Å². The zero-order chi connectivity index (χ0) is 18.5. The lowest BCUT2D eigenvalue weighted by molar-refractivity contribution is -0.138. The van der Waals surface area contributed by atoms with Crippen molar-refractivity contribution in [2.75, 3.05) is 31.1 Å². The Morgan fingerprint density at radius 2 is 1.88 bits per heavy atom. The van der Waals surface area contributed by atoms with E-state index in [1.165, 1.54) is 19.3 Å². The first-order valence-corrected chi connectivity index (χ1v) is 9.47. The highest BCUT2D eigenvalue weighted by molar-refractivity contribution is 6.33. The summed E-state index contributed by atoms with van der Waals surface area (Å²) < 4.78 is 38.2. The molecule has 4 rings (SSSR count). The molecular weight excluding hydrogens is 367 g/mol. The molecule has 0 N–H and O–H groups in total. The SMILES string of the molecule is O=C([C@H]1C[C@H]2CC[C@H]1C2)N1CCN(c2ncc(C(F)(F)F)cc2Cl)CC1. The fraction of sp³-hybridized carbons (Fsp3) is 0.667. The van der Waals surface area contributed by atoms with Crippen LogP contribution in [0.5, 0.6) is 0 Å². The fourth-order valence-electron chi connectivity index (χ4n) is 4.74. The van der Waals surface area contributed by atoms with Crippen molar-refractivity contribution in [1.29, 1.82) is 0 Å². The Kier molecular flexibility index (Phi) is 4.53. The van der Waals surface area contributed by atoms with Gasteiger partial charge in [0.2, 0.25) is 5.91 Å². The highest BCUT2D eigenvalue weighted by atomic mass is 35.5. The monoisotopic (exact) mass is 387 g/mol. The number of piperazine rings is 1. The summed E-state index contributed by atoms with van der Waals surface area (Å²) >= 11 is 6.03. The van der Waals surface area contributed by atoms with E-state index in [9.17, 15) is 18.0 Å². The average Bonchev–Trinajstić information content (AvgIpc) is 3.24. The van der Waals surface area contributed by atoms with Gasteiger partial charge >= 0.3 is 6.18 Å². The van der Waals surface area contributed by atoms with Crippen molar-refractivity contribution in [3.63, 3.8) is 0 Å². The molecule has 1 aliphatic heterocycles. The third kappa shape index (κ3) is 3.26. The topological polar surface area (TPSA) is 36.4 Å². The van der Waals surface area contributed by atoms with Gasteiger partial charge in [-0.05, 0) is 37.2 Å². The van der Waals surface area contributed by atoms with Crippen molar-refractivity contribution < 1.29 is 18.0 Å². The number of aromatic nitrogens is 1. The van der Waals surface area contributed by atoms with Gasteiger partial charge in [0.1, 0.15) is 5.82 Å². The maximum atomic E-state index is 12.8. The summed E-state index contributed by atoms with van der Waals surface area (Å²) in [5, 5.41) is -0.00676. The molecule has 0 aromatic carbocycles. The Balaban J connectivity index is 1.38. The Morgan fingerprint density at radius 3 is 2.42 bits per heavy atom. The molecule has 2 bridgehead atoms. The van der Waals surface area contributed by atoms with Crippen LogP contribution in [0, 0.1) is 17.8 Å². The van der Waals surface area contributed by atoms with Gasteiger partial charge in [-0.3, -0.25) is 4.79 Å². The number of amides is 1. The number of hydrogen-bond donors (Lipinski definition) is 0. The number of fused-ring (bicyclic) bond motifs is 2. The van der Waals surface area contributed by atoms with Gasteiger partial charge in [0, 0.05) is 38.3 Å². The largest absolute Gasteiger partial charge is 0.417 e. The molecule has 0 radical (unpaired) electrons. The second kappa shape index (κ2) is 6.59. The van der Waals surface area contributed by atoms with Crippen LogP contribution in [0.3, 0.4) is 0 Å². The molecule has 142 valence electrons. The summed E-state index contributed by atoms with van der Waals surface area (Å²) in [5.74, 6) is 2.06. The van der Waals surface area contributed by atoms with E-state index in [-0.39, 0.29) is 16.8 Å². The molecule has 2 aliphatic carbocycles. The molecule has 8 heteroatoms. The quantitative estimate of drug-likeness (QED) is 0.773. The van der Waals surface area contributed by atoms with Gasteiger partial charge in [-0.25, -0.2) is 4.98 Å². The number of rotatable bonds is 2. The van der Waals surface area contributed by atoms with E-state index in [0.29, 0.717) is 37.9 Å². The minimum Gasteiger partial charge on any atom is -0.352 e.